The first-order chi connectivity index (χ1) is 6.45. The van der Waals surface area contributed by atoms with Crippen molar-refractivity contribution in [2.45, 2.75) is 41.0 Å². The Morgan fingerprint density at radius 3 is 1.93 bits per heavy atom. The van der Waals surface area contributed by atoms with E-state index in [-0.39, 0.29) is 17.6 Å². The van der Waals surface area contributed by atoms with E-state index in [0.717, 1.165) is 0 Å². The highest BCUT2D eigenvalue weighted by molar-refractivity contribution is 5.79. The van der Waals surface area contributed by atoms with Gasteiger partial charge in [-0.3, -0.25) is 9.59 Å². The van der Waals surface area contributed by atoms with E-state index in [9.17, 15) is 9.59 Å². The average molecular weight is 201 g/mol. The highest BCUT2D eigenvalue weighted by atomic mass is 16.2. The molecule has 0 aromatic heterocycles. The lowest BCUT2D eigenvalue weighted by Crippen LogP contribution is -2.32. The van der Waals surface area contributed by atoms with Gasteiger partial charge in [0.25, 0.3) is 0 Å². The molecule has 0 spiro atoms. The second-order valence-electron chi connectivity index (χ2n) is 3.37. The third-order valence-corrected chi connectivity index (χ3v) is 1.67. The highest BCUT2D eigenvalue weighted by Gasteiger charge is 2.12. The summed E-state index contributed by atoms with van der Waals surface area (Å²) >= 11 is 0. The molecule has 0 aromatic carbocycles. The van der Waals surface area contributed by atoms with Crippen LogP contribution in [0.25, 0.3) is 0 Å². The molecular formula is C11H23NO2. The quantitative estimate of drug-likeness (QED) is 0.698. The molecule has 3 nitrogen and oxygen atoms in total. The van der Waals surface area contributed by atoms with Crippen molar-refractivity contribution in [3.8, 4) is 0 Å². The molecule has 0 saturated heterocycles. The Morgan fingerprint density at radius 2 is 1.64 bits per heavy atom. The summed E-state index contributed by atoms with van der Waals surface area (Å²) in [7, 11) is 1.73. The Labute approximate surface area is 87.5 Å². The predicted octanol–water partition coefficient (Wildman–Crippen LogP) is 2.11. The number of hydrogen-bond acceptors (Lipinski definition) is 2. The predicted molar refractivity (Wildman–Crippen MR) is 59.1 cm³/mol. The fourth-order valence-electron chi connectivity index (χ4n) is 0.876. The molecule has 0 saturated carbocycles. The van der Waals surface area contributed by atoms with Crippen molar-refractivity contribution in [1.82, 2.24) is 4.90 Å². The number of rotatable bonds is 4. The Kier molecular flexibility index (Phi) is 9.73. The maximum atomic E-state index is 11.3. The van der Waals surface area contributed by atoms with Crippen molar-refractivity contribution in [3.05, 3.63) is 0 Å². The lowest BCUT2D eigenvalue weighted by atomic mass is 10.2. The molecule has 0 unspecified atom stereocenters. The molecule has 0 aliphatic carbocycles. The minimum atomic E-state index is 0.0157. The molecule has 0 aliphatic heterocycles. The van der Waals surface area contributed by atoms with Gasteiger partial charge in [-0.25, -0.2) is 0 Å². The highest BCUT2D eigenvalue weighted by Crippen LogP contribution is 1.99. The molecule has 0 heterocycles. The summed E-state index contributed by atoms with van der Waals surface area (Å²) in [4.78, 5) is 23.5. The van der Waals surface area contributed by atoms with Gasteiger partial charge in [-0.2, -0.15) is 0 Å². The van der Waals surface area contributed by atoms with Crippen LogP contribution in [0.4, 0.5) is 0 Å². The monoisotopic (exact) mass is 201 g/mol. The molecule has 84 valence electrons. The van der Waals surface area contributed by atoms with E-state index in [1.807, 2.05) is 27.7 Å². The van der Waals surface area contributed by atoms with Crippen LogP contribution in [0.1, 0.15) is 41.0 Å². The van der Waals surface area contributed by atoms with Crippen LogP contribution in [-0.2, 0) is 9.59 Å². The van der Waals surface area contributed by atoms with Gasteiger partial charge in [0.15, 0.2) is 0 Å². The lowest BCUT2D eigenvalue weighted by molar-refractivity contribution is -0.133. The molecule has 0 aromatic rings. The normalized spacial score (nSPS) is 9.07. The second kappa shape index (κ2) is 8.73. The summed E-state index contributed by atoms with van der Waals surface area (Å²) < 4.78 is 0. The van der Waals surface area contributed by atoms with Crippen LogP contribution in [0.3, 0.4) is 0 Å². The zero-order valence-electron chi connectivity index (χ0n) is 10.3. The van der Waals surface area contributed by atoms with E-state index in [4.69, 9.17) is 0 Å². The average Bonchev–Trinajstić information content (AvgIpc) is 2.15. The number of nitrogens with zero attached hydrogens (tertiary/aromatic N) is 1. The van der Waals surface area contributed by atoms with Gasteiger partial charge in [-0.05, 0) is 6.92 Å². The van der Waals surface area contributed by atoms with Crippen molar-refractivity contribution in [1.29, 1.82) is 0 Å². The van der Waals surface area contributed by atoms with Crippen LogP contribution in [0, 0.1) is 5.92 Å². The molecule has 14 heavy (non-hydrogen) atoms. The van der Waals surface area contributed by atoms with Crippen molar-refractivity contribution < 1.29 is 9.59 Å². The number of carbonyl (C=O) groups is 2. The van der Waals surface area contributed by atoms with Crippen LogP contribution in [-0.4, -0.2) is 30.2 Å². The van der Waals surface area contributed by atoms with Crippen molar-refractivity contribution >= 4 is 11.7 Å². The number of Topliss-reactive ketones (excluding diaryl/α,β-unsaturated/α-hetero) is 1. The molecule has 1 amide bonds. The van der Waals surface area contributed by atoms with Crippen molar-refractivity contribution in [2.75, 3.05) is 13.6 Å². The summed E-state index contributed by atoms with van der Waals surface area (Å²) in [6.07, 6.45) is 0.453. The zero-order valence-corrected chi connectivity index (χ0v) is 10.3. The molecule has 0 atom stereocenters. The standard InChI is InChI=1S/C9H17NO2.C2H6/c1-7(2)9(12)10(4)6-5-8(3)11;1-2/h7H,5-6H2,1-4H3;1-2H3. The van der Waals surface area contributed by atoms with Crippen molar-refractivity contribution in [3.63, 3.8) is 0 Å². The summed E-state index contributed by atoms with van der Waals surface area (Å²) in [5.74, 6) is 0.233. The van der Waals surface area contributed by atoms with Gasteiger partial charge < -0.3 is 4.90 Å². The first-order valence-electron chi connectivity index (χ1n) is 5.19. The van der Waals surface area contributed by atoms with E-state index in [2.05, 4.69) is 0 Å². The molecule has 0 rings (SSSR count). The number of carbonyl (C=O) groups excluding carboxylic acids is 2. The van der Waals surface area contributed by atoms with Gasteiger partial charge in [-0.15, -0.1) is 0 Å². The first kappa shape index (κ1) is 15.6. The summed E-state index contributed by atoms with van der Waals surface area (Å²) in [6, 6.07) is 0. The molecular weight excluding hydrogens is 178 g/mol. The van der Waals surface area contributed by atoms with Crippen LogP contribution >= 0.6 is 0 Å². The van der Waals surface area contributed by atoms with Gasteiger partial charge in [-0.1, -0.05) is 27.7 Å². The minimum Gasteiger partial charge on any atom is -0.345 e. The molecule has 0 bridgehead atoms. The smallest absolute Gasteiger partial charge is 0.224 e. The minimum absolute atomic E-state index is 0.0157. The Balaban J connectivity index is 0. The third-order valence-electron chi connectivity index (χ3n) is 1.67. The maximum Gasteiger partial charge on any atom is 0.224 e. The Morgan fingerprint density at radius 1 is 1.21 bits per heavy atom. The second-order valence-corrected chi connectivity index (χ2v) is 3.37. The molecule has 0 aliphatic rings. The number of amides is 1. The summed E-state index contributed by atoms with van der Waals surface area (Å²) in [5.41, 5.74) is 0. The summed E-state index contributed by atoms with van der Waals surface area (Å²) in [6.45, 7) is 9.78. The Bertz CT molecular complexity index is 176. The fourth-order valence-corrected chi connectivity index (χ4v) is 0.876. The van der Waals surface area contributed by atoms with E-state index < -0.39 is 0 Å². The molecule has 0 N–H and O–H groups in total. The zero-order chi connectivity index (χ0) is 11.7. The van der Waals surface area contributed by atoms with Gasteiger partial charge in [0.1, 0.15) is 5.78 Å². The maximum absolute atomic E-state index is 11.3. The largest absolute Gasteiger partial charge is 0.345 e. The molecule has 0 fully saturated rings. The third kappa shape index (κ3) is 7.77. The van der Waals surface area contributed by atoms with Crippen LogP contribution in [0.5, 0.6) is 0 Å². The van der Waals surface area contributed by atoms with Crippen LogP contribution in [0.2, 0.25) is 0 Å². The van der Waals surface area contributed by atoms with E-state index >= 15 is 0 Å². The number of hydrogen-bond donors (Lipinski definition) is 0. The van der Waals surface area contributed by atoms with Gasteiger partial charge in [0.05, 0.1) is 0 Å². The van der Waals surface area contributed by atoms with Gasteiger partial charge in [0.2, 0.25) is 5.91 Å². The molecule has 3 heteroatoms. The van der Waals surface area contributed by atoms with E-state index in [1.54, 1.807) is 11.9 Å². The van der Waals surface area contributed by atoms with E-state index in [0.29, 0.717) is 13.0 Å². The topological polar surface area (TPSA) is 37.4 Å². The van der Waals surface area contributed by atoms with E-state index in [1.165, 1.54) is 6.92 Å². The van der Waals surface area contributed by atoms with Crippen LogP contribution in [0.15, 0.2) is 0 Å². The van der Waals surface area contributed by atoms with Gasteiger partial charge >= 0.3 is 0 Å². The number of ketones is 1. The lowest BCUT2D eigenvalue weighted by Gasteiger charge is -2.18. The van der Waals surface area contributed by atoms with Crippen LogP contribution < -0.4 is 0 Å². The SMILES string of the molecule is CC.CC(=O)CCN(C)C(=O)C(C)C. The first-order valence-corrected chi connectivity index (χ1v) is 5.19. The van der Waals surface area contributed by atoms with Gasteiger partial charge in [0, 0.05) is 25.9 Å². The molecule has 0 radical (unpaired) electrons. The fraction of sp³-hybridized carbons (Fsp3) is 0.818. The van der Waals surface area contributed by atoms with Crippen molar-refractivity contribution in [2.24, 2.45) is 5.92 Å². The Hall–Kier alpha value is -0.860. The summed E-state index contributed by atoms with van der Waals surface area (Å²) in [5, 5.41) is 0.